The number of nitrogens with zero attached hydrogens (tertiary/aromatic N) is 1. The van der Waals surface area contributed by atoms with Crippen molar-refractivity contribution < 1.29 is 19.3 Å². The molecule has 0 radical (unpaired) electrons. The molecule has 22 heavy (non-hydrogen) atoms. The van der Waals surface area contributed by atoms with Gasteiger partial charge in [0.25, 0.3) is 0 Å². The molecule has 2 rings (SSSR count). The van der Waals surface area contributed by atoms with Crippen LogP contribution in [0.2, 0.25) is 0 Å². The second kappa shape index (κ2) is 8.48. The summed E-state index contributed by atoms with van der Waals surface area (Å²) in [6.45, 7) is 5.04. The van der Waals surface area contributed by atoms with Crippen molar-refractivity contribution in [3.05, 3.63) is 29.3 Å². The number of hydrogen-bond donors (Lipinski definition) is 1. The predicted molar refractivity (Wildman–Crippen MR) is 85.0 cm³/mol. The Balaban J connectivity index is 2.08. The van der Waals surface area contributed by atoms with Crippen molar-refractivity contribution >= 4 is 0 Å². The van der Waals surface area contributed by atoms with Gasteiger partial charge >= 0.3 is 0 Å². The molecule has 1 aliphatic heterocycles. The summed E-state index contributed by atoms with van der Waals surface area (Å²) in [7, 11) is 3.41. The second-order valence-electron chi connectivity index (χ2n) is 5.64. The van der Waals surface area contributed by atoms with Gasteiger partial charge in [0.15, 0.2) is 0 Å². The van der Waals surface area contributed by atoms with E-state index in [2.05, 4.69) is 17.0 Å². The molecule has 1 saturated heterocycles. The van der Waals surface area contributed by atoms with Crippen molar-refractivity contribution in [2.75, 3.05) is 34.0 Å². The highest BCUT2D eigenvalue weighted by molar-refractivity contribution is 5.37. The number of methoxy groups -OCH3 is 2. The molecule has 124 valence electrons. The lowest BCUT2D eigenvalue weighted by Crippen LogP contribution is -2.32. The lowest BCUT2D eigenvalue weighted by atomic mass is 10.1. The molecular weight excluding hydrogens is 282 g/mol. The summed E-state index contributed by atoms with van der Waals surface area (Å²) in [5, 5.41) is 9.54. The predicted octanol–water partition coefficient (Wildman–Crippen LogP) is 1.81. The molecule has 0 unspecified atom stereocenters. The molecule has 1 aromatic rings. The largest absolute Gasteiger partial charge is 0.496 e. The fourth-order valence-corrected chi connectivity index (χ4v) is 2.98. The van der Waals surface area contributed by atoms with Crippen LogP contribution in [0.5, 0.6) is 5.75 Å². The zero-order valence-electron chi connectivity index (χ0n) is 13.7. The molecule has 1 aliphatic rings. The minimum Gasteiger partial charge on any atom is -0.496 e. The van der Waals surface area contributed by atoms with Crippen LogP contribution in [0.3, 0.4) is 0 Å². The summed E-state index contributed by atoms with van der Waals surface area (Å²) < 4.78 is 16.3. The Hall–Kier alpha value is -1.14. The number of hydrogen-bond acceptors (Lipinski definition) is 5. The highest BCUT2D eigenvalue weighted by atomic mass is 16.5. The Bertz CT molecular complexity index is 466. The van der Waals surface area contributed by atoms with Crippen molar-refractivity contribution in [2.24, 2.45) is 0 Å². The first-order valence-electron chi connectivity index (χ1n) is 7.83. The van der Waals surface area contributed by atoms with E-state index in [1.54, 1.807) is 14.2 Å². The van der Waals surface area contributed by atoms with E-state index in [0.29, 0.717) is 13.2 Å². The van der Waals surface area contributed by atoms with Crippen LogP contribution in [0.4, 0.5) is 0 Å². The van der Waals surface area contributed by atoms with Gasteiger partial charge in [-0.2, -0.15) is 0 Å². The molecule has 2 atom stereocenters. The zero-order valence-corrected chi connectivity index (χ0v) is 13.7. The van der Waals surface area contributed by atoms with Gasteiger partial charge in [-0.25, -0.2) is 0 Å². The number of ether oxygens (including phenoxy) is 3. The van der Waals surface area contributed by atoms with E-state index >= 15 is 0 Å². The summed E-state index contributed by atoms with van der Waals surface area (Å²) in [6.07, 6.45) is 1.09. The Morgan fingerprint density at radius 3 is 2.77 bits per heavy atom. The zero-order chi connectivity index (χ0) is 15.9. The third-order valence-corrected chi connectivity index (χ3v) is 4.23. The molecule has 1 aromatic carbocycles. The van der Waals surface area contributed by atoms with Crippen molar-refractivity contribution in [3.8, 4) is 5.75 Å². The fraction of sp³-hybridized carbons (Fsp3) is 0.647. The number of benzene rings is 1. The second-order valence-corrected chi connectivity index (χ2v) is 5.64. The minimum absolute atomic E-state index is 0.168. The maximum absolute atomic E-state index is 9.54. The molecule has 5 heteroatoms. The standard InChI is InChI=1S/C17H27NO4/c1-4-22-12-14-7-13(5-6-17(14)21-3)9-18-10-16(20-2)8-15(18)11-19/h5-7,15-16,19H,4,8-12H2,1-3H3/t15-,16+/m0/s1. The molecule has 0 saturated carbocycles. The van der Waals surface area contributed by atoms with Gasteiger partial charge in [-0.3, -0.25) is 4.90 Å². The Morgan fingerprint density at radius 1 is 1.32 bits per heavy atom. The van der Waals surface area contributed by atoms with Gasteiger partial charge in [-0.1, -0.05) is 6.07 Å². The maximum atomic E-state index is 9.54. The van der Waals surface area contributed by atoms with Gasteiger partial charge < -0.3 is 19.3 Å². The smallest absolute Gasteiger partial charge is 0.124 e. The van der Waals surface area contributed by atoms with Gasteiger partial charge in [-0.05, 0) is 31.0 Å². The van der Waals surface area contributed by atoms with Crippen molar-refractivity contribution in [3.63, 3.8) is 0 Å². The van der Waals surface area contributed by atoms with Crippen LogP contribution < -0.4 is 4.74 Å². The summed E-state index contributed by atoms with van der Waals surface area (Å²) in [5.74, 6) is 0.854. The van der Waals surface area contributed by atoms with Crippen molar-refractivity contribution in [1.29, 1.82) is 0 Å². The molecule has 0 bridgehead atoms. The Morgan fingerprint density at radius 2 is 2.14 bits per heavy atom. The maximum Gasteiger partial charge on any atom is 0.124 e. The molecular formula is C17H27NO4. The van der Waals surface area contributed by atoms with E-state index in [4.69, 9.17) is 14.2 Å². The molecule has 1 N–H and O–H groups in total. The van der Waals surface area contributed by atoms with Gasteiger partial charge in [0.05, 0.1) is 26.4 Å². The summed E-state index contributed by atoms with van der Waals surface area (Å²) in [5.41, 5.74) is 2.26. The van der Waals surface area contributed by atoms with E-state index in [1.807, 2.05) is 13.0 Å². The summed E-state index contributed by atoms with van der Waals surface area (Å²) in [4.78, 5) is 2.28. The first kappa shape index (κ1) is 17.2. The quantitative estimate of drug-likeness (QED) is 0.794. The van der Waals surface area contributed by atoms with Crippen LogP contribution in [-0.4, -0.2) is 56.1 Å². The van der Waals surface area contributed by atoms with Crippen molar-refractivity contribution in [2.45, 2.75) is 38.6 Å². The van der Waals surface area contributed by atoms with E-state index in [0.717, 1.165) is 30.8 Å². The molecule has 0 aromatic heterocycles. The van der Waals surface area contributed by atoms with E-state index in [1.165, 1.54) is 5.56 Å². The highest BCUT2D eigenvalue weighted by Crippen LogP contribution is 2.25. The van der Waals surface area contributed by atoms with Gasteiger partial charge in [-0.15, -0.1) is 0 Å². The first-order chi connectivity index (χ1) is 10.7. The molecule has 0 spiro atoms. The highest BCUT2D eigenvalue weighted by Gasteiger charge is 2.31. The third kappa shape index (κ3) is 4.20. The van der Waals surface area contributed by atoms with Gasteiger partial charge in [0, 0.05) is 38.4 Å². The van der Waals surface area contributed by atoms with E-state index in [9.17, 15) is 5.11 Å². The monoisotopic (exact) mass is 309 g/mol. The molecule has 1 fully saturated rings. The number of aliphatic hydroxyl groups excluding tert-OH is 1. The molecule has 0 aliphatic carbocycles. The fourth-order valence-electron chi connectivity index (χ4n) is 2.98. The molecule has 1 heterocycles. The average Bonchev–Trinajstić information content (AvgIpc) is 2.95. The molecule has 5 nitrogen and oxygen atoms in total. The third-order valence-electron chi connectivity index (χ3n) is 4.23. The van der Waals surface area contributed by atoms with Gasteiger partial charge in [0.2, 0.25) is 0 Å². The van der Waals surface area contributed by atoms with E-state index < -0.39 is 0 Å². The van der Waals surface area contributed by atoms with Crippen LogP contribution in [0.1, 0.15) is 24.5 Å². The number of rotatable bonds is 8. The summed E-state index contributed by atoms with van der Waals surface area (Å²) in [6, 6.07) is 6.36. The lowest BCUT2D eigenvalue weighted by molar-refractivity contribution is 0.107. The minimum atomic E-state index is 0.168. The summed E-state index contributed by atoms with van der Waals surface area (Å²) >= 11 is 0. The normalized spacial score (nSPS) is 22.2. The van der Waals surface area contributed by atoms with E-state index in [-0.39, 0.29) is 18.8 Å². The Kier molecular flexibility index (Phi) is 6.64. The van der Waals surface area contributed by atoms with Crippen molar-refractivity contribution in [1.82, 2.24) is 4.90 Å². The average molecular weight is 309 g/mol. The lowest BCUT2D eigenvalue weighted by Gasteiger charge is -2.23. The Labute approximate surface area is 132 Å². The van der Waals surface area contributed by atoms with Crippen LogP contribution in [0.15, 0.2) is 18.2 Å². The van der Waals surface area contributed by atoms with Crippen LogP contribution in [0, 0.1) is 0 Å². The topological polar surface area (TPSA) is 51.2 Å². The van der Waals surface area contributed by atoms with Crippen LogP contribution in [-0.2, 0) is 22.6 Å². The molecule has 0 amide bonds. The first-order valence-corrected chi connectivity index (χ1v) is 7.83. The number of aliphatic hydroxyl groups is 1. The van der Waals surface area contributed by atoms with Crippen LogP contribution in [0.25, 0.3) is 0 Å². The SMILES string of the molecule is CCOCc1cc(CN2C[C@H](OC)C[C@H]2CO)ccc1OC. The van der Waals surface area contributed by atoms with Gasteiger partial charge in [0.1, 0.15) is 5.75 Å². The van der Waals surface area contributed by atoms with Crippen LogP contribution >= 0.6 is 0 Å². The number of likely N-dealkylation sites (tertiary alicyclic amines) is 1.